The van der Waals surface area contributed by atoms with Gasteiger partial charge in [0.2, 0.25) is 0 Å². The predicted molar refractivity (Wildman–Crippen MR) is 111 cm³/mol. The molecule has 0 atom stereocenters. The average Bonchev–Trinajstić information content (AvgIpc) is 3.04. The van der Waals surface area contributed by atoms with E-state index in [9.17, 15) is 0 Å². The molecule has 0 saturated heterocycles. The maximum Gasteiger partial charge on any atom is 4.00 e. The van der Waals surface area contributed by atoms with Gasteiger partial charge >= 0.3 is 25.8 Å². The van der Waals surface area contributed by atoms with Crippen molar-refractivity contribution in [2.45, 2.75) is 54.6 Å². The minimum Gasteiger partial charge on any atom is -0.505 e. The van der Waals surface area contributed by atoms with Crippen molar-refractivity contribution in [1.29, 1.82) is 0 Å². The quantitative estimate of drug-likeness (QED) is 0.275. The van der Waals surface area contributed by atoms with Crippen LogP contribution in [-0.2, 0) is 25.8 Å². The van der Waals surface area contributed by atoms with Gasteiger partial charge in [-0.15, -0.1) is 0 Å². The largest absolute Gasteiger partial charge is 4.00 e. The molecule has 0 saturated carbocycles. The normalized spacial score (nSPS) is 9.54. The van der Waals surface area contributed by atoms with Gasteiger partial charge in [-0.1, -0.05) is 54.6 Å². The second kappa shape index (κ2) is 16.1. The van der Waals surface area contributed by atoms with Crippen LogP contribution in [0.5, 0.6) is 0 Å². The summed E-state index contributed by atoms with van der Waals surface area (Å²) in [5.74, 6) is 0. The summed E-state index contributed by atoms with van der Waals surface area (Å²) in [4.78, 5) is 0. The zero-order valence-corrected chi connectivity index (χ0v) is 21.6. The van der Waals surface area contributed by atoms with Crippen LogP contribution in [0, 0.1) is 17.8 Å². The molecule has 24 heavy (non-hydrogen) atoms. The fourth-order valence-electron chi connectivity index (χ4n) is 1.39. The first-order valence-corrected chi connectivity index (χ1v) is 10.7. The molecule has 0 spiro atoms. The summed E-state index contributed by atoms with van der Waals surface area (Å²) in [5, 5.41) is 0. The zero-order valence-electron chi connectivity index (χ0n) is 17.0. The second-order valence-electron chi connectivity index (χ2n) is 7.86. The van der Waals surface area contributed by atoms with Crippen LogP contribution in [0.25, 0.3) is 0 Å². The van der Waals surface area contributed by atoms with Gasteiger partial charge in [-0.25, -0.2) is 32.7 Å². The molecule has 2 heteroatoms. The number of hydrogen-bond acceptors (Lipinski definition) is 0. The Hall–Kier alpha value is -0.343. The molecule has 0 N–H and O–H groups in total. The monoisotopic (exact) mass is 508 g/mol. The maximum absolute atomic E-state index is 3.77. The minimum atomic E-state index is -0.242. The smallest absolute Gasteiger partial charge is 0.505 e. The summed E-state index contributed by atoms with van der Waals surface area (Å²) in [7, 11) is -0.242. The SMILES string of the molecule is C[Si](C)=[C-]C(C)(C)C.[CH2-]C(C)(C)C.[Hf+4].c1cc[cH-]c1.c1cc[cH-]c1. The number of rotatable bonds is 0. The Balaban J connectivity index is -0.000000247. The van der Waals surface area contributed by atoms with Gasteiger partial charge in [-0.2, -0.15) is 47.2 Å². The third-order valence-corrected chi connectivity index (χ3v) is 2.99. The third kappa shape index (κ3) is 43.0. The summed E-state index contributed by atoms with van der Waals surface area (Å²) < 4.78 is 0. The molecule has 2 rings (SSSR count). The van der Waals surface area contributed by atoms with E-state index in [1.165, 1.54) is 0 Å². The van der Waals surface area contributed by atoms with Crippen LogP contribution in [-0.4, -0.2) is 14.1 Å². The van der Waals surface area contributed by atoms with Crippen LogP contribution in [0.3, 0.4) is 0 Å². The Morgan fingerprint density at radius 2 is 1.00 bits per heavy atom. The molecule has 0 bridgehead atoms. The zero-order chi connectivity index (χ0) is 18.4. The van der Waals surface area contributed by atoms with Crippen molar-refractivity contribution >= 4 is 14.1 Å². The summed E-state index contributed by atoms with van der Waals surface area (Å²) in [6, 6.07) is 20.0. The van der Waals surface area contributed by atoms with Crippen LogP contribution < -0.4 is 0 Å². The molecule has 0 radical (unpaired) electrons. The van der Waals surface area contributed by atoms with Crippen molar-refractivity contribution in [3.05, 3.63) is 67.6 Å². The molecule has 2 aromatic rings. The molecule has 0 nitrogen and oxygen atoms in total. The topological polar surface area (TPSA) is 0 Å². The van der Waals surface area contributed by atoms with Crippen molar-refractivity contribution in [3.63, 3.8) is 0 Å². The van der Waals surface area contributed by atoms with Gasteiger partial charge in [0.05, 0.1) is 0 Å². The first kappa shape index (κ1) is 28.5. The van der Waals surface area contributed by atoms with E-state index in [2.05, 4.69) is 67.2 Å². The van der Waals surface area contributed by atoms with E-state index in [1.54, 1.807) is 0 Å². The van der Waals surface area contributed by atoms with Gasteiger partial charge in [0, 0.05) is 0 Å². The Labute approximate surface area is 172 Å². The molecular formula is C22H36HfSi. The molecule has 2 aromatic carbocycles. The van der Waals surface area contributed by atoms with Crippen molar-refractivity contribution < 1.29 is 25.8 Å². The van der Waals surface area contributed by atoms with E-state index in [0.717, 1.165) is 0 Å². The fourth-order valence-corrected chi connectivity index (χ4v) is 2.89. The molecule has 0 unspecified atom stereocenters. The molecule has 0 aliphatic carbocycles. The van der Waals surface area contributed by atoms with Gasteiger partial charge in [0.1, 0.15) is 0 Å². The summed E-state index contributed by atoms with van der Waals surface area (Å²) >= 11 is 0. The standard InChI is InChI=1S/C7H15Si.2C5H5.C5H11.Hf/c1-7(2,3)6-8(4)5;2*1-2-4-5-3-1;1-5(2,3)4;/h1-5H3;2*1-5H;1H2,2-4H3;/q4*-1;+4. The molecule has 0 amide bonds. The van der Waals surface area contributed by atoms with Crippen molar-refractivity contribution in [3.8, 4) is 0 Å². The maximum atomic E-state index is 3.77. The molecule has 0 fully saturated rings. The van der Waals surface area contributed by atoms with Gasteiger partial charge in [0.15, 0.2) is 0 Å². The first-order chi connectivity index (χ1) is 10.4. The molecule has 132 valence electrons. The van der Waals surface area contributed by atoms with E-state index in [1.807, 2.05) is 60.7 Å². The van der Waals surface area contributed by atoms with Crippen LogP contribution >= 0.6 is 0 Å². The third-order valence-electron chi connectivity index (χ3n) is 1.74. The number of hydrogen-bond donors (Lipinski definition) is 0. The Bertz CT molecular complexity index is 380. The van der Waals surface area contributed by atoms with E-state index < -0.39 is 0 Å². The Morgan fingerprint density at radius 3 is 1.04 bits per heavy atom. The van der Waals surface area contributed by atoms with Gasteiger partial charge in [-0.05, 0) is 0 Å². The molecule has 0 aromatic heterocycles. The molecular weight excluding hydrogens is 471 g/mol. The summed E-state index contributed by atoms with van der Waals surface area (Å²) in [6.07, 6.45) is 0. The van der Waals surface area contributed by atoms with Crippen LogP contribution in [0.4, 0.5) is 0 Å². The molecule has 0 aliphatic heterocycles. The summed E-state index contributed by atoms with van der Waals surface area (Å²) in [6.45, 7) is 21.1. The van der Waals surface area contributed by atoms with E-state index in [-0.39, 0.29) is 39.7 Å². The summed E-state index contributed by atoms with van der Waals surface area (Å²) in [5.41, 5.74) is 4.05. The molecule has 0 heterocycles. The van der Waals surface area contributed by atoms with Crippen molar-refractivity contribution in [1.82, 2.24) is 0 Å². The van der Waals surface area contributed by atoms with E-state index in [0.29, 0.717) is 5.41 Å². The van der Waals surface area contributed by atoms with Gasteiger partial charge in [-0.3, -0.25) is 0 Å². The Kier molecular flexibility index (Phi) is 19.1. The average molecular weight is 507 g/mol. The predicted octanol–water partition coefficient (Wildman–Crippen LogP) is 6.72. The van der Waals surface area contributed by atoms with Crippen LogP contribution in [0.1, 0.15) is 41.5 Å². The van der Waals surface area contributed by atoms with E-state index >= 15 is 0 Å². The van der Waals surface area contributed by atoms with Gasteiger partial charge in [0.25, 0.3) is 0 Å². The van der Waals surface area contributed by atoms with Crippen LogP contribution in [0.2, 0.25) is 13.1 Å². The first-order valence-electron chi connectivity index (χ1n) is 8.19. The van der Waals surface area contributed by atoms with Crippen molar-refractivity contribution in [2.75, 3.05) is 0 Å². The van der Waals surface area contributed by atoms with Crippen LogP contribution in [0.15, 0.2) is 60.7 Å². The molecule has 0 aliphatic rings. The fraction of sp³-hybridized carbons (Fsp3) is 0.455. The minimum absolute atomic E-state index is 0. The van der Waals surface area contributed by atoms with Crippen molar-refractivity contribution in [2.24, 2.45) is 10.8 Å². The Morgan fingerprint density at radius 1 is 0.750 bits per heavy atom. The van der Waals surface area contributed by atoms with E-state index in [4.69, 9.17) is 0 Å². The van der Waals surface area contributed by atoms with Gasteiger partial charge < -0.3 is 12.6 Å². The second-order valence-corrected chi connectivity index (χ2v) is 10.1.